The number of carbonyl (C=O) groups excluding carboxylic acids is 3. The maximum absolute atomic E-state index is 14.3. The molecule has 6 heterocycles. The average molecular weight is 805 g/mol. The second-order valence-electron chi connectivity index (χ2n) is 15.1. The highest BCUT2D eigenvalue weighted by Crippen LogP contribution is 2.49. The number of methoxy groups -OCH3 is 3. The van der Waals surface area contributed by atoms with Gasteiger partial charge in [0.15, 0.2) is 23.0 Å². The molecule has 59 heavy (non-hydrogen) atoms. The number of nitrogens with one attached hydrogen (secondary N) is 3. The zero-order valence-electron chi connectivity index (χ0n) is 33.2. The maximum Gasteiger partial charge on any atom is 0.361 e. The Hall–Kier alpha value is -6.16. The molecule has 9 rings (SSSR count). The van der Waals surface area contributed by atoms with E-state index in [2.05, 4.69) is 16.0 Å². The summed E-state index contributed by atoms with van der Waals surface area (Å²) in [7, 11) is 4.46. The summed E-state index contributed by atoms with van der Waals surface area (Å²) in [5, 5.41) is 11.7. The van der Waals surface area contributed by atoms with Gasteiger partial charge in [0.2, 0.25) is 5.75 Å². The first-order valence-electron chi connectivity index (χ1n) is 19.9. The summed E-state index contributed by atoms with van der Waals surface area (Å²) in [5.74, 6) is 0.215. The van der Waals surface area contributed by atoms with Gasteiger partial charge in [0.25, 0.3) is 0 Å². The Bertz CT molecular complexity index is 2740. The molecule has 3 fully saturated rings. The monoisotopic (exact) mass is 804 g/mol. The molecule has 3 saturated heterocycles. The molecule has 0 radical (unpaired) electrons. The zero-order chi connectivity index (χ0) is 40.9. The fourth-order valence-corrected chi connectivity index (χ4v) is 8.64. The third-order valence-corrected chi connectivity index (χ3v) is 11.6. The topological polar surface area (TPSA) is 177 Å². The molecule has 0 saturated carbocycles. The van der Waals surface area contributed by atoms with Gasteiger partial charge < -0.3 is 53.2 Å². The van der Waals surface area contributed by atoms with E-state index < -0.39 is 41.7 Å². The van der Waals surface area contributed by atoms with Crippen LogP contribution >= 0.6 is 0 Å². The van der Waals surface area contributed by atoms with Crippen LogP contribution in [0.5, 0.6) is 34.5 Å². The Labute approximate surface area is 337 Å². The van der Waals surface area contributed by atoms with E-state index in [0.717, 1.165) is 32.4 Å². The fraction of sp³-hybridized carbons (Fsp3) is 0.364. The Morgan fingerprint density at radius 2 is 1.27 bits per heavy atom. The van der Waals surface area contributed by atoms with Crippen LogP contribution in [0.1, 0.15) is 44.1 Å². The zero-order valence-corrected chi connectivity index (χ0v) is 33.2. The van der Waals surface area contributed by atoms with E-state index in [1.165, 1.54) is 21.3 Å². The molecule has 3 aromatic carbocycles. The molecule has 6 aromatic rings. The highest BCUT2D eigenvalue weighted by molar-refractivity contribution is 6.22. The first-order valence-corrected chi connectivity index (χ1v) is 19.9. The number of carbonyl (C=O) groups is 3. The SMILES string of the molecule is COc1cc(-c2c3c4cc(C)c(OC(=O)[C@@H]5CCCN5)cc4oc(=O)c3n3ccc4c(OC(=O)[C@@H]5CCCN5)c(OC)c(OC)cc4c23)ccc1OC(=O)[C@@H]1CCCN1. The van der Waals surface area contributed by atoms with Crippen LogP contribution in [0.2, 0.25) is 0 Å². The fourth-order valence-electron chi connectivity index (χ4n) is 8.64. The molecule has 3 N–H and O–H groups in total. The number of fused-ring (bicyclic) bond motifs is 7. The van der Waals surface area contributed by atoms with E-state index in [-0.39, 0.29) is 39.8 Å². The number of hydrogen-bond donors (Lipinski definition) is 3. The van der Waals surface area contributed by atoms with Crippen LogP contribution in [0.4, 0.5) is 0 Å². The number of benzene rings is 3. The summed E-state index contributed by atoms with van der Waals surface area (Å²) >= 11 is 0. The number of pyridine rings is 1. The molecule has 15 nitrogen and oxygen atoms in total. The number of nitrogens with zero attached hydrogens (tertiary/aromatic N) is 1. The van der Waals surface area contributed by atoms with Crippen molar-refractivity contribution in [3.63, 3.8) is 0 Å². The minimum atomic E-state index is -0.646. The molecule has 0 bridgehead atoms. The van der Waals surface area contributed by atoms with Crippen molar-refractivity contribution in [1.29, 1.82) is 0 Å². The van der Waals surface area contributed by atoms with Crippen LogP contribution in [0.3, 0.4) is 0 Å². The maximum atomic E-state index is 14.3. The van der Waals surface area contributed by atoms with Crippen LogP contribution < -0.4 is 50.0 Å². The molecule has 3 aliphatic heterocycles. The van der Waals surface area contributed by atoms with Crippen LogP contribution in [-0.2, 0) is 14.4 Å². The molecule has 0 amide bonds. The molecular weight excluding hydrogens is 761 g/mol. The first-order chi connectivity index (χ1) is 28.7. The summed E-state index contributed by atoms with van der Waals surface area (Å²) in [5.41, 5.74) is 2.19. The smallest absolute Gasteiger partial charge is 0.361 e. The van der Waals surface area contributed by atoms with E-state index >= 15 is 0 Å². The van der Waals surface area contributed by atoms with Crippen LogP contribution in [-0.4, -0.2) is 81.4 Å². The van der Waals surface area contributed by atoms with Gasteiger partial charge in [-0.05, 0) is 107 Å². The van der Waals surface area contributed by atoms with Gasteiger partial charge in [-0.15, -0.1) is 0 Å². The van der Waals surface area contributed by atoms with Crippen molar-refractivity contribution in [1.82, 2.24) is 20.4 Å². The summed E-state index contributed by atoms with van der Waals surface area (Å²) in [6.07, 6.45) is 6.28. The van der Waals surface area contributed by atoms with E-state index in [9.17, 15) is 19.2 Å². The van der Waals surface area contributed by atoms with E-state index in [1.807, 2.05) is 13.0 Å². The van der Waals surface area contributed by atoms with Crippen LogP contribution in [0.25, 0.3) is 49.3 Å². The molecule has 3 atom stereocenters. The van der Waals surface area contributed by atoms with E-state index in [0.29, 0.717) is 75.3 Å². The lowest BCUT2D eigenvalue weighted by Gasteiger charge is -2.18. The summed E-state index contributed by atoms with van der Waals surface area (Å²) in [4.78, 5) is 54.0. The lowest BCUT2D eigenvalue weighted by atomic mass is 9.97. The number of aryl methyl sites for hydroxylation is 1. The van der Waals surface area contributed by atoms with Crippen LogP contribution in [0.15, 0.2) is 57.9 Å². The van der Waals surface area contributed by atoms with Crippen molar-refractivity contribution in [3.05, 3.63) is 64.6 Å². The second-order valence-corrected chi connectivity index (χ2v) is 15.1. The van der Waals surface area contributed by atoms with E-state index in [4.69, 9.17) is 32.8 Å². The van der Waals surface area contributed by atoms with Gasteiger partial charge in [-0.25, -0.2) is 19.2 Å². The number of hydrogen-bond acceptors (Lipinski definition) is 14. The van der Waals surface area contributed by atoms with Crippen molar-refractivity contribution in [3.8, 4) is 45.6 Å². The van der Waals surface area contributed by atoms with Gasteiger partial charge in [-0.1, -0.05) is 6.07 Å². The Balaban J connectivity index is 1.31. The third kappa shape index (κ3) is 6.68. The quantitative estimate of drug-likeness (QED) is 0.0921. The Kier molecular flexibility index (Phi) is 10.1. The minimum Gasteiger partial charge on any atom is -0.493 e. The molecule has 0 spiro atoms. The predicted octanol–water partition coefficient (Wildman–Crippen LogP) is 5.33. The summed E-state index contributed by atoms with van der Waals surface area (Å²) < 4.78 is 43.1. The van der Waals surface area contributed by atoms with Crippen molar-refractivity contribution < 1.29 is 47.2 Å². The lowest BCUT2D eigenvalue weighted by Crippen LogP contribution is -2.34. The summed E-state index contributed by atoms with van der Waals surface area (Å²) in [6.45, 7) is 3.99. The third-order valence-electron chi connectivity index (χ3n) is 11.6. The predicted molar refractivity (Wildman–Crippen MR) is 218 cm³/mol. The van der Waals surface area contributed by atoms with Crippen molar-refractivity contribution in [2.75, 3.05) is 41.0 Å². The van der Waals surface area contributed by atoms with Gasteiger partial charge in [0.05, 0.1) is 26.8 Å². The van der Waals surface area contributed by atoms with Gasteiger partial charge in [0.1, 0.15) is 35.0 Å². The van der Waals surface area contributed by atoms with Crippen LogP contribution in [0, 0.1) is 6.92 Å². The van der Waals surface area contributed by atoms with Gasteiger partial charge >= 0.3 is 23.5 Å². The number of esters is 3. The van der Waals surface area contributed by atoms with Crippen molar-refractivity contribution in [2.24, 2.45) is 0 Å². The molecule has 3 aliphatic rings. The van der Waals surface area contributed by atoms with Crippen molar-refractivity contribution >= 4 is 56.1 Å². The number of aromatic nitrogens is 1. The molecule has 15 heteroatoms. The molecule has 0 unspecified atom stereocenters. The number of ether oxygens (including phenoxy) is 6. The molecule has 0 aliphatic carbocycles. The van der Waals surface area contributed by atoms with Gasteiger partial charge in [0, 0.05) is 39.4 Å². The normalized spacial score (nSPS) is 19.2. The lowest BCUT2D eigenvalue weighted by molar-refractivity contribution is -0.137. The average Bonchev–Trinajstić information content (AvgIpc) is 4.09. The van der Waals surface area contributed by atoms with Gasteiger partial charge in [-0.3, -0.25) is 0 Å². The van der Waals surface area contributed by atoms with Gasteiger partial charge in [-0.2, -0.15) is 0 Å². The Morgan fingerprint density at radius 3 is 1.86 bits per heavy atom. The minimum absolute atomic E-state index is 0.163. The molecule has 306 valence electrons. The second kappa shape index (κ2) is 15.5. The highest BCUT2D eigenvalue weighted by atomic mass is 16.6. The first kappa shape index (κ1) is 38.4. The molecule has 3 aromatic heterocycles. The number of rotatable bonds is 10. The molecular formula is C44H44N4O11. The summed E-state index contributed by atoms with van der Waals surface area (Å²) in [6, 6.07) is 10.8. The standard InChI is InChI=1S/C44H44N4O11/c1-22-18-26-32(21-31(22)57-42(50)28-9-6-15-46-28)58-44(52)38-36(26)35(23-11-12-30(33(19-23)53-2)56-41(49)27-8-5-14-45-27)37-25-20-34(54-3)40(55-4)39(24(25)13-17-48(37)38)59-43(51)29-10-7-16-47-29/h11-13,17-21,27-29,45-47H,5-10,14-16H2,1-4H3/t27-,28-,29-/m0/s1. The largest absolute Gasteiger partial charge is 0.493 e. The Morgan fingerprint density at radius 1 is 0.644 bits per heavy atom. The highest BCUT2D eigenvalue weighted by Gasteiger charge is 2.31. The van der Waals surface area contributed by atoms with E-state index in [1.54, 1.807) is 47.0 Å². The van der Waals surface area contributed by atoms with Crippen molar-refractivity contribution in [2.45, 2.75) is 63.6 Å².